The van der Waals surface area contributed by atoms with Gasteiger partial charge in [-0.1, -0.05) is 60.4 Å². The predicted octanol–water partition coefficient (Wildman–Crippen LogP) is 2.57. The third kappa shape index (κ3) is 4.45. The van der Waals surface area contributed by atoms with E-state index in [1.165, 1.54) is 16.2 Å². The number of likely N-dealkylation sites (N-methyl/N-ethyl adjacent to an activating group) is 1. The van der Waals surface area contributed by atoms with Crippen LogP contribution in [0.15, 0.2) is 64.4 Å². The number of thiocarbonyl (C=S) groups is 1. The third-order valence-electron chi connectivity index (χ3n) is 5.16. The Hall–Kier alpha value is -3.01. The quantitative estimate of drug-likeness (QED) is 0.424. The van der Waals surface area contributed by atoms with E-state index >= 15 is 0 Å². The van der Waals surface area contributed by atoms with Crippen LogP contribution in [0.25, 0.3) is 11.7 Å². The smallest absolute Gasteiger partial charge is 0.267 e. The van der Waals surface area contributed by atoms with E-state index in [4.69, 9.17) is 12.2 Å². The van der Waals surface area contributed by atoms with Crippen LogP contribution in [-0.2, 0) is 11.2 Å². The fourth-order valence-corrected chi connectivity index (χ4v) is 4.76. The Morgan fingerprint density at radius 2 is 1.91 bits per heavy atom. The molecular formula is C23H22N4O3S2. The number of aromatic nitrogens is 2. The standard InChI is InChI=1S/C23H22N4O3S2/c1-25(13-14-28)20-17(21(29)26-11-6-5-9-19(26)24-20)15-18-22(30)27(23(31)32-18)12-10-16-7-3-2-4-8-16/h2-9,11,15,28H,10,12-14H2,1H3/b18-15-. The number of thioether (sulfide) groups is 1. The van der Waals surface area contributed by atoms with Gasteiger partial charge in [-0.3, -0.25) is 18.9 Å². The van der Waals surface area contributed by atoms with Crippen LogP contribution in [0.5, 0.6) is 0 Å². The molecule has 3 heterocycles. The molecule has 0 atom stereocenters. The minimum atomic E-state index is -0.287. The number of pyridine rings is 1. The van der Waals surface area contributed by atoms with Crippen molar-refractivity contribution in [2.75, 3.05) is 31.6 Å². The zero-order chi connectivity index (χ0) is 22.7. The van der Waals surface area contributed by atoms with Crippen molar-refractivity contribution < 1.29 is 9.90 Å². The largest absolute Gasteiger partial charge is 0.395 e. The molecule has 1 aromatic carbocycles. The monoisotopic (exact) mass is 466 g/mol. The lowest BCUT2D eigenvalue weighted by Crippen LogP contribution is -2.30. The molecule has 1 N–H and O–H groups in total. The summed E-state index contributed by atoms with van der Waals surface area (Å²) in [7, 11) is 1.75. The first kappa shape index (κ1) is 22.2. The number of aliphatic hydroxyl groups is 1. The SMILES string of the molecule is CN(CCO)c1nc2ccccn2c(=O)c1/C=C1\SC(=S)N(CCc2ccccc2)C1=O. The van der Waals surface area contributed by atoms with E-state index in [0.717, 1.165) is 5.56 Å². The first-order valence-electron chi connectivity index (χ1n) is 10.1. The number of nitrogens with zero attached hydrogens (tertiary/aromatic N) is 4. The van der Waals surface area contributed by atoms with E-state index in [-0.39, 0.29) is 23.6 Å². The van der Waals surface area contributed by atoms with Gasteiger partial charge in [-0.15, -0.1) is 0 Å². The molecule has 3 aromatic rings. The van der Waals surface area contributed by atoms with Crippen molar-refractivity contribution in [1.29, 1.82) is 0 Å². The first-order chi connectivity index (χ1) is 15.5. The second kappa shape index (κ2) is 9.64. The molecule has 9 heteroatoms. The van der Waals surface area contributed by atoms with Gasteiger partial charge < -0.3 is 10.0 Å². The average molecular weight is 467 g/mol. The first-order valence-corrected chi connectivity index (χ1v) is 11.3. The lowest BCUT2D eigenvalue weighted by atomic mass is 10.1. The van der Waals surface area contributed by atoms with Crippen molar-refractivity contribution >= 4 is 51.7 Å². The van der Waals surface area contributed by atoms with Crippen LogP contribution in [0, 0.1) is 0 Å². The summed E-state index contributed by atoms with van der Waals surface area (Å²) in [6.07, 6.45) is 3.90. The summed E-state index contributed by atoms with van der Waals surface area (Å²) in [6.45, 7) is 0.681. The maximum Gasteiger partial charge on any atom is 0.267 e. The number of fused-ring (bicyclic) bond motifs is 1. The molecule has 0 saturated carbocycles. The van der Waals surface area contributed by atoms with E-state index in [0.29, 0.717) is 40.2 Å². The summed E-state index contributed by atoms with van der Waals surface area (Å²) in [6, 6.07) is 15.2. The minimum Gasteiger partial charge on any atom is -0.395 e. The minimum absolute atomic E-state index is 0.0899. The van der Waals surface area contributed by atoms with Crippen LogP contribution in [0.2, 0.25) is 0 Å². The molecule has 0 bridgehead atoms. The molecule has 0 aliphatic carbocycles. The van der Waals surface area contributed by atoms with E-state index in [1.807, 2.05) is 30.3 Å². The molecule has 1 fully saturated rings. The van der Waals surface area contributed by atoms with Crippen molar-refractivity contribution in [3.8, 4) is 0 Å². The molecule has 2 aromatic heterocycles. The fourth-order valence-electron chi connectivity index (χ4n) is 3.47. The number of rotatable bonds is 7. The number of aliphatic hydroxyl groups excluding tert-OH is 1. The number of amides is 1. The fraction of sp³-hybridized carbons (Fsp3) is 0.217. The molecule has 1 aliphatic rings. The van der Waals surface area contributed by atoms with Crippen LogP contribution < -0.4 is 10.5 Å². The highest BCUT2D eigenvalue weighted by Gasteiger charge is 2.32. The van der Waals surface area contributed by atoms with Gasteiger partial charge in [0.05, 0.1) is 17.1 Å². The molecule has 0 radical (unpaired) electrons. The Morgan fingerprint density at radius 3 is 2.66 bits per heavy atom. The summed E-state index contributed by atoms with van der Waals surface area (Å²) in [5.41, 5.74) is 1.61. The highest BCUT2D eigenvalue weighted by atomic mass is 32.2. The van der Waals surface area contributed by atoms with Crippen molar-refractivity contribution in [3.63, 3.8) is 0 Å². The number of benzene rings is 1. The molecular weight excluding hydrogens is 444 g/mol. The highest BCUT2D eigenvalue weighted by Crippen LogP contribution is 2.33. The van der Waals surface area contributed by atoms with Crippen LogP contribution in [-0.4, -0.2) is 56.4 Å². The maximum absolute atomic E-state index is 13.2. The van der Waals surface area contributed by atoms with Gasteiger partial charge in [-0.25, -0.2) is 4.98 Å². The highest BCUT2D eigenvalue weighted by molar-refractivity contribution is 8.26. The number of hydrogen-bond donors (Lipinski definition) is 1. The van der Waals surface area contributed by atoms with Crippen molar-refractivity contribution in [1.82, 2.24) is 14.3 Å². The van der Waals surface area contributed by atoms with Gasteiger partial charge in [-0.2, -0.15) is 0 Å². The maximum atomic E-state index is 13.2. The zero-order valence-corrected chi connectivity index (χ0v) is 19.1. The third-order valence-corrected chi connectivity index (χ3v) is 6.54. The second-order valence-electron chi connectivity index (χ2n) is 7.30. The normalized spacial score (nSPS) is 15.2. The van der Waals surface area contributed by atoms with Gasteiger partial charge in [0, 0.05) is 26.3 Å². The lowest BCUT2D eigenvalue weighted by molar-refractivity contribution is -0.122. The van der Waals surface area contributed by atoms with Gasteiger partial charge in [-0.05, 0) is 30.2 Å². The van der Waals surface area contributed by atoms with E-state index < -0.39 is 0 Å². The van der Waals surface area contributed by atoms with Crippen LogP contribution in [0.3, 0.4) is 0 Å². The Balaban J connectivity index is 1.69. The molecule has 4 rings (SSSR count). The summed E-state index contributed by atoms with van der Waals surface area (Å²) in [5.74, 6) is 0.189. The molecule has 32 heavy (non-hydrogen) atoms. The van der Waals surface area contributed by atoms with Crippen molar-refractivity contribution in [3.05, 3.63) is 81.1 Å². The van der Waals surface area contributed by atoms with Crippen LogP contribution in [0.1, 0.15) is 11.1 Å². The predicted molar refractivity (Wildman–Crippen MR) is 132 cm³/mol. The molecule has 7 nitrogen and oxygen atoms in total. The Labute approximate surface area is 195 Å². The van der Waals surface area contributed by atoms with Gasteiger partial charge in [0.25, 0.3) is 11.5 Å². The summed E-state index contributed by atoms with van der Waals surface area (Å²) in [4.78, 5) is 34.6. The van der Waals surface area contributed by atoms with Crippen molar-refractivity contribution in [2.45, 2.75) is 6.42 Å². The molecule has 164 valence electrons. The molecule has 1 saturated heterocycles. The van der Waals surface area contributed by atoms with Gasteiger partial charge >= 0.3 is 0 Å². The lowest BCUT2D eigenvalue weighted by Gasteiger charge is -2.19. The summed E-state index contributed by atoms with van der Waals surface area (Å²) < 4.78 is 1.91. The Bertz CT molecular complexity index is 1260. The topological polar surface area (TPSA) is 78.2 Å². The average Bonchev–Trinajstić information content (AvgIpc) is 3.07. The molecule has 0 unspecified atom stereocenters. The number of anilines is 1. The molecule has 0 spiro atoms. The van der Waals surface area contributed by atoms with E-state index in [1.54, 1.807) is 47.3 Å². The van der Waals surface area contributed by atoms with E-state index in [9.17, 15) is 14.7 Å². The summed E-state index contributed by atoms with van der Waals surface area (Å²) in [5, 5.41) is 9.37. The summed E-state index contributed by atoms with van der Waals surface area (Å²) >= 11 is 6.63. The zero-order valence-electron chi connectivity index (χ0n) is 17.5. The van der Waals surface area contributed by atoms with E-state index in [2.05, 4.69) is 4.98 Å². The van der Waals surface area contributed by atoms with Crippen LogP contribution >= 0.6 is 24.0 Å². The van der Waals surface area contributed by atoms with Gasteiger partial charge in [0.15, 0.2) is 0 Å². The Morgan fingerprint density at radius 1 is 1.16 bits per heavy atom. The number of hydrogen-bond acceptors (Lipinski definition) is 7. The van der Waals surface area contributed by atoms with Crippen molar-refractivity contribution in [2.24, 2.45) is 0 Å². The number of carbonyl (C=O) groups is 1. The Kier molecular flexibility index (Phi) is 6.69. The number of carbonyl (C=O) groups excluding carboxylic acids is 1. The van der Waals surface area contributed by atoms with Gasteiger partial charge in [0.1, 0.15) is 15.8 Å². The van der Waals surface area contributed by atoms with Gasteiger partial charge in [0.2, 0.25) is 0 Å². The second-order valence-corrected chi connectivity index (χ2v) is 8.97. The van der Waals surface area contributed by atoms with Crippen LogP contribution in [0.4, 0.5) is 5.82 Å². The molecule has 1 amide bonds. The molecule has 1 aliphatic heterocycles.